The molecule has 1 aromatic heterocycles. The van der Waals surface area contributed by atoms with Gasteiger partial charge in [-0.15, -0.1) is 0 Å². The maximum absolute atomic E-state index is 5.37. The summed E-state index contributed by atoms with van der Waals surface area (Å²) in [6.45, 7) is 12.5. The van der Waals surface area contributed by atoms with Gasteiger partial charge in [0.15, 0.2) is 11.8 Å². The average Bonchev–Trinajstić information content (AvgIpc) is 3.39. The van der Waals surface area contributed by atoms with E-state index < -0.39 is 0 Å². The number of guanidine groups is 1. The van der Waals surface area contributed by atoms with Crippen LogP contribution in [-0.4, -0.2) is 47.2 Å². The third-order valence-corrected chi connectivity index (χ3v) is 5.06. The molecule has 1 unspecified atom stereocenters. The Morgan fingerprint density at radius 1 is 1.17 bits per heavy atom. The van der Waals surface area contributed by atoms with E-state index in [1.807, 2.05) is 0 Å². The van der Waals surface area contributed by atoms with E-state index in [9.17, 15) is 0 Å². The van der Waals surface area contributed by atoms with E-state index in [1.54, 1.807) is 0 Å². The van der Waals surface area contributed by atoms with Gasteiger partial charge in [-0.05, 0) is 38.4 Å². The second kappa shape index (κ2) is 9.87. The van der Waals surface area contributed by atoms with Crippen LogP contribution in [0.4, 0.5) is 0 Å². The number of likely N-dealkylation sites (tertiary alicyclic amines) is 1. The van der Waals surface area contributed by atoms with E-state index in [0.29, 0.717) is 24.3 Å². The minimum Gasteiger partial charge on any atom is -0.357 e. The molecule has 0 aliphatic carbocycles. The number of rotatable bonds is 7. The van der Waals surface area contributed by atoms with Crippen LogP contribution in [0.1, 0.15) is 63.9 Å². The van der Waals surface area contributed by atoms with Gasteiger partial charge in [-0.1, -0.05) is 56.3 Å². The zero-order valence-corrected chi connectivity index (χ0v) is 18.1. The molecule has 29 heavy (non-hydrogen) atoms. The Labute approximate surface area is 174 Å². The number of nitrogens with zero attached hydrogens (tertiary/aromatic N) is 4. The summed E-state index contributed by atoms with van der Waals surface area (Å²) in [5.41, 5.74) is 1.18. The zero-order chi connectivity index (χ0) is 20.7. The van der Waals surface area contributed by atoms with Crippen molar-refractivity contribution < 1.29 is 4.52 Å². The minimum absolute atomic E-state index is 0.156. The molecule has 0 saturated carbocycles. The Morgan fingerprint density at radius 2 is 1.90 bits per heavy atom. The van der Waals surface area contributed by atoms with Crippen molar-refractivity contribution in [3.05, 3.63) is 47.6 Å². The topological polar surface area (TPSA) is 78.6 Å². The molecule has 2 aromatic rings. The van der Waals surface area contributed by atoms with Crippen molar-refractivity contribution in [3.8, 4) is 0 Å². The molecule has 0 spiro atoms. The molecule has 158 valence electrons. The maximum Gasteiger partial charge on any atom is 0.232 e. The molecular weight excluding hydrogens is 364 g/mol. The molecule has 3 rings (SSSR count). The fourth-order valence-electron chi connectivity index (χ4n) is 3.49. The Bertz CT molecular complexity index is 774. The fourth-order valence-corrected chi connectivity index (χ4v) is 3.49. The predicted octanol–water partition coefficient (Wildman–Crippen LogP) is 3.26. The molecule has 7 nitrogen and oxygen atoms in total. The summed E-state index contributed by atoms with van der Waals surface area (Å²) in [6, 6.07) is 11.0. The van der Waals surface area contributed by atoms with E-state index >= 15 is 0 Å². The van der Waals surface area contributed by atoms with Gasteiger partial charge in [-0.2, -0.15) is 4.98 Å². The number of aliphatic imine (C=N–C) groups is 1. The Balaban J connectivity index is 1.66. The summed E-state index contributed by atoms with van der Waals surface area (Å²) in [7, 11) is 0. The van der Waals surface area contributed by atoms with Crippen molar-refractivity contribution in [1.29, 1.82) is 0 Å². The van der Waals surface area contributed by atoms with E-state index in [2.05, 4.69) is 88.7 Å². The fraction of sp³-hybridized carbons (Fsp3) is 0.591. The van der Waals surface area contributed by atoms with Crippen LogP contribution in [0, 0.1) is 0 Å². The molecule has 0 amide bonds. The summed E-state index contributed by atoms with van der Waals surface area (Å²) < 4.78 is 5.37. The van der Waals surface area contributed by atoms with Crippen molar-refractivity contribution in [2.45, 2.75) is 58.5 Å². The molecule has 1 saturated heterocycles. The molecule has 0 radical (unpaired) electrons. The van der Waals surface area contributed by atoms with E-state index in [0.717, 1.165) is 32.1 Å². The van der Waals surface area contributed by atoms with Crippen LogP contribution < -0.4 is 10.6 Å². The maximum atomic E-state index is 5.37. The quantitative estimate of drug-likeness (QED) is 0.551. The Hall–Kier alpha value is -2.41. The highest BCUT2D eigenvalue weighted by molar-refractivity contribution is 5.79. The monoisotopic (exact) mass is 398 g/mol. The predicted molar refractivity (Wildman–Crippen MR) is 116 cm³/mol. The molecule has 1 aliphatic heterocycles. The zero-order valence-electron chi connectivity index (χ0n) is 18.1. The summed E-state index contributed by atoms with van der Waals surface area (Å²) in [6.07, 6.45) is 2.54. The standard InChI is InChI=1S/C22H34N6O/c1-5-23-21(25-16-19-26-20(29-27-19)22(2,3)4)24-15-18(28-13-9-10-14-28)17-11-7-6-8-12-17/h6-8,11-12,18H,5,9-10,13-16H2,1-4H3,(H2,23,24,25). The van der Waals surface area contributed by atoms with Gasteiger partial charge in [0, 0.05) is 18.5 Å². The normalized spacial score (nSPS) is 16.8. The minimum atomic E-state index is -0.156. The number of nitrogens with one attached hydrogen (secondary N) is 2. The number of aromatic nitrogens is 2. The summed E-state index contributed by atoms with van der Waals surface area (Å²) in [4.78, 5) is 11.7. The molecule has 1 aromatic carbocycles. The van der Waals surface area contributed by atoms with Gasteiger partial charge in [-0.25, -0.2) is 4.99 Å². The second-order valence-electron chi connectivity index (χ2n) is 8.51. The lowest BCUT2D eigenvalue weighted by atomic mass is 9.97. The summed E-state index contributed by atoms with van der Waals surface area (Å²) >= 11 is 0. The van der Waals surface area contributed by atoms with Crippen LogP contribution in [0.2, 0.25) is 0 Å². The van der Waals surface area contributed by atoms with Crippen LogP contribution >= 0.6 is 0 Å². The lowest BCUT2D eigenvalue weighted by molar-refractivity contribution is 0.245. The molecule has 1 atom stereocenters. The SMILES string of the molecule is CCNC(=NCc1noc(C(C)(C)C)n1)NCC(c1ccccc1)N1CCCC1. The van der Waals surface area contributed by atoms with Gasteiger partial charge in [0.25, 0.3) is 0 Å². The highest BCUT2D eigenvalue weighted by Crippen LogP contribution is 2.24. The van der Waals surface area contributed by atoms with Crippen molar-refractivity contribution in [2.24, 2.45) is 4.99 Å². The molecular formula is C22H34N6O. The number of hydrogen-bond acceptors (Lipinski definition) is 5. The van der Waals surface area contributed by atoms with Crippen LogP contribution in [0.15, 0.2) is 39.8 Å². The van der Waals surface area contributed by atoms with Gasteiger partial charge in [-0.3, -0.25) is 4.90 Å². The van der Waals surface area contributed by atoms with Gasteiger partial charge in [0.05, 0.1) is 6.04 Å². The summed E-state index contributed by atoms with van der Waals surface area (Å²) in [5, 5.41) is 10.9. The molecule has 0 bridgehead atoms. The molecule has 7 heteroatoms. The van der Waals surface area contributed by atoms with Gasteiger partial charge < -0.3 is 15.2 Å². The molecule has 2 N–H and O–H groups in total. The van der Waals surface area contributed by atoms with Crippen LogP contribution in [0.3, 0.4) is 0 Å². The van der Waals surface area contributed by atoms with Gasteiger partial charge in [0.2, 0.25) is 5.89 Å². The highest BCUT2D eigenvalue weighted by Gasteiger charge is 2.24. The first-order chi connectivity index (χ1) is 14.0. The smallest absolute Gasteiger partial charge is 0.232 e. The van der Waals surface area contributed by atoms with Gasteiger partial charge in [0.1, 0.15) is 6.54 Å². The lowest BCUT2D eigenvalue weighted by Gasteiger charge is -2.29. The van der Waals surface area contributed by atoms with Crippen molar-refractivity contribution in [1.82, 2.24) is 25.7 Å². The highest BCUT2D eigenvalue weighted by atomic mass is 16.5. The number of hydrogen-bond donors (Lipinski definition) is 2. The first-order valence-electron chi connectivity index (χ1n) is 10.6. The third-order valence-electron chi connectivity index (χ3n) is 5.06. The van der Waals surface area contributed by atoms with E-state index in [4.69, 9.17) is 4.52 Å². The average molecular weight is 399 g/mol. The lowest BCUT2D eigenvalue weighted by Crippen LogP contribution is -2.42. The Morgan fingerprint density at radius 3 is 2.52 bits per heavy atom. The first-order valence-corrected chi connectivity index (χ1v) is 10.6. The van der Waals surface area contributed by atoms with Crippen molar-refractivity contribution in [3.63, 3.8) is 0 Å². The molecule has 1 fully saturated rings. The second-order valence-corrected chi connectivity index (χ2v) is 8.51. The first kappa shape index (κ1) is 21.3. The van der Waals surface area contributed by atoms with E-state index in [1.165, 1.54) is 18.4 Å². The van der Waals surface area contributed by atoms with Crippen molar-refractivity contribution >= 4 is 5.96 Å². The van der Waals surface area contributed by atoms with Crippen molar-refractivity contribution in [2.75, 3.05) is 26.2 Å². The van der Waals surface area contributed by atoms with Crippen LogP contribution in [0.25, 0.3) is 0 Å². The summed E-state index contributed by atoms with van der Waals surface area (Å²) in [5.74, 6) is 2.01. The van der Waals surface area contributed by atoms with Gasteiger partial charge >= 0.3 is 0 Å². The van der Waals surface area contributed by atoms with Crippen LogP contribution in [0.5, 0.6) is 0 Å². The largest absolute Gasteiger partial charge is 0.357 e. The number of benzene rings is 1. The molecule has 2 heterocycles. The van der Waals surface area contributed by atoms with Crippen LogP contribution in [-0.2, 0) is 12.0 Å². The van der Waals surface area contributed by atoms with E-state index in [-0.39, 0.29) is 5.41 Å². The Kier molecular flexibility index (Phi) is 7.25. The molecule has 1 aliphatic rings. The third kappa shape index (κ3) is 6.03.